The fourth-order valence-electron chi connectivity index (χ4n) is 2.11. The Labute approximate surface area is 121 Å². The molecular weight excluding hydrogens is 278 g/mol. The minimum Gasteiger partial charge on any atom is -0.444 e. The lowest BCUT2D eigenvalue weighted by molar-refractivity contribution is 0.604. The molecule has 0 unspecified atom stereocenters. The van der Waals surface area contributed by atoms with Crippen LogP contribution in [0.3, 0.4) is 0 Å². The molecule has 0 fully saturated rings. The van der Waals surface area contributed by atoms with E-state index >= 15 is 0 Å². The summed E-state index contributed by atoms with van der Waals surface area (Å²) in [6.07, 6.45) is 1.05. The van der Waals surface area contributed by atoms with Crippen molar-refractivity contribution < 1.29 is 4.42 Å². The van der Waals surface area contributed by atoms with Crippen molar-refractivity contribution in [3.05, 3.63) is 57.4 Å². The van der Waals surface area contributed by atoms with E-state index in [4.69, 9.17) is 16.0 Å². The Bertz CT molecular complexity index is 660. The molecule has 0 aliphatic rings. The maximum atomic E-state index is 6.14. The molecule has 0 saturated heterocycles. The molecular formula is C15H14ClNOS. The van der Waals surface area contributed by atoms with E-state index in [9.17, 15) is 0 Å². The summed E-state index contributed by atoms with van der Waals surface area (Å²) in [5.41, 5.74) is 1.89. The van der Waals surface area contributed by atoms with Gasteiger partial charge in [-0.2, -0.15) is 0 Å². The monoisotopic (exact) mass is 291 g/mol. The average molecular weight is 292 g/mol. The highest BCUT2D eigenvalue weighted by atomic mass is 35.5. The third-order valence-electron chi connectivity index (χ3n) is 3.08. The number of rotatable bonds is 5. The number of para-hydroxylation sites is 1. The maximum Gasteiger partial charge on any atom is 0.199 e. The van der Waals surface area contributed by atoms with Crippen LogP contribution in [0.15, 0.2) is 46.2 Å². The largest absolute Gasteiger partial charge is 0.444 e. The van der Waals surface area contributed by atoms with Crippen LogP contribution in [0.25, 0.3) is 11.0 Å². The second-order valence-electron chi connectivity index (χ2n) is 4.36. The number of hydrogen-bond acceptors (Lipinski definition) is 3. The molecule has 19 heavy (non-hydrogen) atoms. The van der Waals surface area contributed by atoms with E-state index in [1.165, 1.54) is 4.88 Å². The Kier molecular flexibility index (Phi) is 3.87. The third-order valence-corrected chi connectivity index (χ3v) is 4.32. The SMILES string of the molecule is Clc1oc2ccccc2c1CNCCc1cccs1. The summed E-state index contributed by atoms with van der Waals surface area (Å²) in [7, 11) is 0. The molecule has 0 bridgehead atoms. The lowest BCUT2D eigenvalue weighted by Crippen LogP contribution is -2.16. The number of thiophene rings is 1. The number of hydrogen-bond donors (Lipinski definition) is 1. The first-order valence-corrected chi connectivity index (χ1v) is 7.49. The lowest BCUT2D eigenvalue weighted by Gasteiger charge is -2.02. The van der Waals surface area contributed by atoms with Crippen LogP contribution in [0.1, 0.15) is 10.4 Å². The van der Waals surface area contributed by atoms with E-state index in [2.05, 4.69) is 22.8 Å². The van der Waals surface area contributed by atoms with Gasteiger partial charge >= 0.3 is 0 Å². The second kappa shape index (κ2) is 5.78. The Morgan fingerprint density at radius 3 is 2.89 bits per heavy atom. The van der Waals surface area contributed by atoms with Crippen molar-refractivity contribution in [2.24, 2.45) is 0 Å². The minimum absolute atomic E-state index is 0.491. The zero-order valence-corrected chi connectivity index (χ0v) is 11.9. The summed E-state index contributed by atoms with van der Waals surface area (Å²) >= 11 is 7.93. The number of nitrogens with one attached hydrogen (secondary N) is 1. The zero-order chi connectivity index (χ0) is 13.1. The average Bonchev–Trinajstić information content (AvgIpc) is 3.02. The fraction of sp³-hybridized carbons (Fsp3) is 0.200. The van der Waals surface area contributed by atoms with Gasteiger partial charge in [0.2, 0.25) is 0 Å². The van der Waals surface area contributed by atoms with Crippen LogP contribution in [0, 0.1) is 0 Å². The molecule has 0 saturated carbocycles. The van der Waals surface area contributed by atoms with Gasteiger partial charge < -0.3 is 9.73 Å². The van der Waals surface area contributed by atoms with Crippen molar-refractivity contribution in [2.75, 3.05) is 6.54 Å². The van der Waals surface area contributed by atoms with E-state index < -0.39 is 0 Å². The molecule has 0 atom stereocenters. The first-order chi connectivity index (χ1) is 9.34. The molecule has 3 aromatic rings. The molecule has 0 radical (unpaired) electrons. The number of benzene rings is 1. The van der Waals surface area contributed by atoms with Gasteiger partial charge in [-0.25, -0.2) is 0 Å². The molecule has 1 aromatic carbocycles. The van der Waals surface area contributed by atoms with Crippen molar-refractivity contribution in [1.82, 2.24) is 5.32 Å². The number of fused-ring (bicyclic) bond motifs is 1. The Balaban J connectivity index is 1.63. The van der Waals surface area contributed by atoms with Crippen LogP contribution in [0.2, 0.25) is 5.22 Å². The molecule has 2 heterocycles. The molecule has 1 N–H and O–H groups in total. The van der Waals surface area contributed by atoms with Crippen molar-refractivity contribution in [1.29, 1.82) is 0 Å². The van der Waals surface area contributed by atoms with Crippen molar-refractivity contribution >= 4 is 33.9 Å². The molecule has 3 rings (SSSR count). The van der Waals surface area contributed by atoms with E-state index in [-0.39, 0.29) is 0 Å². The van der Waals surface area contributed by atoms with Gasteiger partial charge in [-0.1, -0.05) is 24.3 Å². The molecule has 0 aliphatic heterocycles. The predicted octanol–water partition coefficient (Wildman–Crippen LogP) is 4.48. The first kappa shape index (κ1) is 12.7. The van der Waals surface area contributed by atoms with Crippen molar-refractivity contribution in [3.8, 4) is 0 Å². The second-order valence-corrected chi connectivity index (χ2v) is 5.73. The first-order valence-electron chi connectivity index (χ1n) is 6.23. The summed E-state index contributed by atoms with van der Waals surface area (Å²) < 4.78 is 5.53. The fourth-order valence-corrected chi connectivity index (χ4v) is 3.07. The number of furan rings is 1. The highest BCUT2D eigenvalue weighted by Gasteiger charge is 2.11. The molecule has 2 aromatic heterocycles. The van der Waals surface area contributed by atoms with Gasteiger partial charge in [-0.15, -0.1) is 11.3 Å². The quantitative estimate of drug-likeness (QED) is 0.701. The highest BCUT2D eigenvalue weighted by Crippen LogP contribution is 2.29. The predicted molar refractivity (Wildman–Crippen MR) is 81.0 cm³/mol. The topological polar surface area (TPSA) is 25.2 Å². The van der Waals surface area contributed by atoms with Crippen molar-refractivity contribution in [2.45, 2.75) is 13.0 Å². The van der Waals surface area contributed by atoms with Crippen molar-refractivity contribution in [3.63, 3.8) is 0 Å². The summed E-state index contributed by atoms with van der Waals surface area (Å²) in [5, 5.41) is 7.11. The highest BCUT2D eigenvalue weighted by molar-refractivity contribution is 7.09. The Morgan fingerprint density at radius 1 is 1.16 bits per heavy atom. The third kappa shape index (κ3) is 2.84. The molecule has 98 valence electrons. The van der Waals surface area contributed by atoms with Crippen LogP contribution >= 0.6 is 22.9 Å². The van der Waals surface area contributed by atoms with E-state index in [1.54, 1.807) is 11.3 Å². The Morgan fingerprint density at radius 2 is 2.05 bits per heavy atom. The Hall–Kier alpha value is -1.29. The summed E-state index contributed by atoms with van der Waals surface area (Å²) in [5.74, 6) is 0. The molecule has 0 amide bonds. The van der Waals surface area contributed by atoms with Gasteiger partial charge in [0.25, 0.3) is 0 Å². The van der Waals surface area contributed by atoms with Crippen LogP contribution in [-0.2, 0) is 13.0 Å². The lowest BCUT2D eigenvalue weighted by atomic mass is 10.2. The van der Waals surface area contributed by atoms with Gasteiger partial charge in [0.1, 0.15) is 5.58 Å². The molecule has 4 heteroatoms. The maximum absolute atomic E-state index is 6.14. The van der Waals surface area contributed by atoms with Gasteiger partial charge in [-0.3, -0.25) is 0 Å². The van der Waals surface area contributed by atoms with Gasteiger partial charge in [0.05, 0.1) is 0 Å². The van der Waals surface area contributed by atoms with E-state index in [0.717, 1.165) is 36.0 Å². The normalized spacial score (nSPS) is 11.2. The summed E-state index contributed by atoms with van der Waals surface area (Å²) in [4.78, 5) is 1.40. The standard InChI is InChI=1S/C15H14ClNOS/c16-15-13(12-5-1-2-6-14(12)18-15)10-17-8-7-11-4-3-9-19-11/h1-6,9,17H,7-8,10H2. The molecule has 2 nitrogen and oxygen atoms in total. The number of halogens is 1. The van der Waals surface area contributed by atoms with Gasteiger partial charge in [-0.05, 0) is 35.5 Å². The molecule has 0 aliphatic carbocycles. The van der Waals surface area contributed by atoms with Gasteiger partial charge in [0, 0.05) is 28.9 Å². The summed E-state index contributed by atoms with van der Waals surface area (Å²) in [6, 6.07) is 12.2. The van der Waals surface area contributed by atoms with Crippen LogP contribution in [-0.4, -0.2) is 6.54 Å². The summed E-state index contributed by atoms with van der Waals surface area (Å²) in [6.45, 7) is 1.68. The van der Waals surface area contributed by atoms with Crippen LogP contribution < -0.4 is 5.32 Å². The zero-order valence-electron chi connectivity index (χ0n) is 10.4. The minimum atomic E-state index is 0.491. The smallest absolute Gasteiger partial charge is 0.199 e. The molecule has 0 spiro atoms. The van der Waals surface area contributed by atoms with Crippen LogP contribution in [0.5, 0.6) is 0 Å². The van der Waals surface area contributed by atoms with Gasteiger partial charge in [0.15, 0.2) is 5.22 Å². The van der Waals surface area contributed by atoms with Crippen LogP contribution in [0.4, 0.5) is 0 Å². The van der Waals surface area contributed by atoms with E-state index in [0.29, 0.717) is 5.22 Å². The van der Waals surface area contributed by atoms with E-state index in [1.807, 2.05) is 24.3 Å².